The molecule has 1 aliphatic rings. The van der Waals surface area contributed by atoms with E-state index in [4.69, 9.17) is 0 Å². The molecule has 0 fully saturated rings. The van der Waals surface area contributed by atoms with Gasteiger partial charge in [0.15, 0.2) is 0 Å². The molecule has 0 saturated carbocycles. The lowest BCUT2D eigenvalue weighted by Crippen LogP contribution is -2.21. The van der Waals surface area contributed by atoms with Gasteiger partial charge in [0.2, 0.25) is 0 Å². The van der Waals surface area contributed by atoms with Crippen molar-refractivity contribution in [3.8, 4) is 10.4 Å². The first-order valence-electron chi connectivity index (χ1n) is 9.21. The largest absolute Gasteiger partial charge is 0.508 e. The maximum absolute atomic E-state index is 10.4. The molecule has 0 aliphatic heterocycles. The Morgan fingerprint density at radius 2 is 2.08 bits per heavy atom. The number of nitrogens with zero attached hydrogens (tertiary/aromatic N) is 1. The maximum atomic E-state index is 10.4. The first-order chi connectivity index (χ1) is 12.2. The highest BCUT2D eigenvalue weighted by atomic mass is 32.1. The number of rotatable bonds is 5. The molecule has 2 aromatic rings. The molecule has 0 amide bonds. The molecular formula is C22H30N2OS. The van der Waals surface area contributed by atoms with Crippen molar-refractivity contribution in [3.05, 3.63) is 46.3 Å². The van der Waals surface area contributed by atoms with Crippen molar-refractivity contribution in [1.29, 1.82) is 0 Å². The second kappa shape index (κ2) is 7.09. The quantitative estimate of drug-likeness (QED) is 0.706. The van der Waals surface area contributed by atoms with Crippen LogP contribution in [0.4, 0.5) is 5.69 Å². The van der Waals surface area contributed by atoms with Crippen molar-refractivity contribution in [2.45, 2.75) is 39.7 Å². The highest BCUT2D eigenvalue weighted by Crippen LogP contribution is 2.47. The fourth-order valence-corrected chi connectivity index (χ4v) is 5.23. The molecule has 1 aliphatic carbocycles. The van der Waals surface area contributed by atoms with Gasteiger partial charge in [-0.05, 0) is 60.5 Å². The Balaban J connectivity index is 2.18. The monoisotopic (exact) mass is 370 g/mol. The van der Waals surface area contributed by atoms with Gasteiger partial charge in [0.05, 0.1) is 0 Å². The van der Waals surface area contributed by atoms with E-state index in [9.17, 15) is 5.11 Å². The number of aryl methyl sites for hydroxylation is 1. The Hall–Kier alpha value is -1.78. The third-order valence-electron chi connectivity index (χ3n) is 5.28. The molecule has 4 heteroatoms. The summed E-state index contributed by atoms with van der Waals surface area (Å²) in [7, 11) is 6.09. The molecule has 26 heavy (non-hydrogen) atoms. The van der Waals surface area contributed by atoms with E-state index in [-0.39, 0.29) is 11.2 Å². The van der Waals surface area contributed by atoms with Crippen LogP contribution < -0.4 is 10.2 Å². The highest BCUT2D eigenvalue weighted by Gasteiger charge is 2.31. The summed E-state index contributed by atoms with van der Waals surface area (Å²) >= 11 is 1.84. The van der Waals surface area contributed by atoms with Crippen LogP contribution in [0.15, 0.2) is 24.8 Å². The first kappa shape index (κ1) is 19.0. The number of hydrogen-bond acceptors (Lipinski definition) is 4. The van der Waals surface area contributed by atoms with Crippen LogP contribution in [-0.2, 0) is 19.4 Å². The number of benzene rings is 1. The number of anilines is 1. The maximum Gasteiger partial charge on any atom is 0.117 e. The van der Waals surface area contributed by atoms with Crippen LogP contribution in [0.5, 0.6) is 0 Å². The van der Waals surface area contributed by atoms with E-state index in [1.54, 1.807) is 0 Å². The standard InChI is InChI=1S/C22H30N2OS/c1-14(25)20-18-12-22(2,3)10-9-19(18)26-21(20)17-8-7-16(24(5)6)11-15(17)13-23-4/h7-8,11,23,25H,1,9-10,12-13H2,2-6H3. The third-order valence-corrected chi connectivity index (χ3v) is 6.61. The van der Waals surface area contributed by atoms with Crippen molar-refractivity contribution in [3.63, 3.8) is 0 Å². The highest BCUT2D eigenvalue weighted by molar-refractivity contribution is 7.16. The molecule has 2 N–H and O–H groups in total. The summed E-state index contributed by atoms with van der Waals surface area (Å²) < 4.78 is 0. The van der Waals surface area contributed by atoms with Crippen molar-refractivity contribution >= 4 is 22.8 Å². The van der Waals surface area contributed by atoms with Crippen LogP contribution in [0, 0.1) is 5.41 Å². The second-order valence-corrected chi connectivity index (χ2v) is 9.37. The van der Waals surface area contributed by atoms with Gasteiger partial charge in [-0.25, -0.2) is 0 Å². The third kappa shape index (κ3) is 3.53. The zero-order chi connectivity index (χ0) is 19.1. The normalized spacial score (nSPS) is 15.6. The van der Waals surface area contributed by atoms with Gasteiger partial charge in [-0.2, -0.15) is 0 Å². The van der Waals surface area contributed by atoms with Gasteiger partial charge in [-0.3, -0.25) is 0 Å². The Kier molecular flexibility index (Phi) is 5.18. The molecule has 3 nitrogen and oxygen atoms in total. The molecule has 0 radical (unpaired) electrons. The minimum atomic E-state index is 0.197. The van der Waals surface area contributed by atoms with E-state index in [2.05, 4.69) is 62.9 Å². The van der Waals surface area contributed by atoms with Crippen LogP contribution in [0.3, 0.4) is 0 Å². The average Bonchev–Trinajstić information content (AvgIpc) is 2.92. The Morgan fingerprint density at radius 1 is 1.35 bits per heavy atom. The van der Waals surface area contributed by atoms with Gasteiger partial charge < -0.3 is 15.3 Å². The van der Waals surface area contributed by atoms with Crippen LogP contribution in [0.25, 0.3) is 16.2 Å². The zero-order valence-electron chi connectivity index (χ0n) is 16.6. The van der Waals surface area contributed by atoms with E-state index in [1.165, 1.54) is 33.7 Å². The molecule has 0 spiro atoms. The predicted octanol–water partition coefficient (Wildman–Crippen LogP) is 5.24. The molecule has 1 aromatic carbocycles. The van der Waals surface area contributed by atoms with Gasteiger partial charge >= 0.3 is 0 Å². The smallest absolute Gasteiger partial charge is 0.117 e. The molecule has 0 bridgehead atoms. The Bertz CT molecular complexity index is 833. The molecule has 0 atom stereocenters. The Labute approximate surface area is 161 Å². The van der Waals surface area contributed by atoms with Crippen molar-refractivity contribution < 1.29 is 5.11 Å². The molecule has 1 heterocycles. The average molecular weight is 371 g/mol. The summed E-state index contributed by atoms with van der Waals surface area (Å²) in [4.78, 5) is 4.70. The number of nitrogens with one attached hydrogen (secondary N) is 1. The lowest BCUT2D eigenvalue weighted by molar-refractivity contribution is 0.317. The van der Waals surface area contributed by atoms with Gasteiger partial charge in [-0.15, -0.1) is 11.3 Å². The van der Waals surface area contributed by atoms with E-state index >= 15 is 0 Å². The van der Waals surface area contributed by atoms with Crippen LogP contribution in [0.2, 0.25) is 0 Å². The predicted molar refractivity (Wildman–Crippen MR) is 114 cm³/mol. The fourth-order valence-electron chi connectivity index (χ4n) is 3.83. The second-order valence-electron chi connectivity index (χ2n) is 8.26. The summed E-state index contributed by atoms with van der Waals surface area (Å²) in [5, 5.41) is 13.7. The van der Waals surface area contributed by atoms with Gasteiger partial charge in [0, 0.05) is 41.6 Å². The fraction of sp³-hybridized carbons (Fsp3) is 0.455. The minimum Gasteiger partial charge on any atom is -0.508 e. The van der Waals surface area contributed by atoms with E-state index in [0.717, 1.165) is 29.8 Å². The topological polar surface area (TPSA) is 35.5 Å². The minimum absolute atomic E-state index is 0.197. The number of thiophene rings is 1. The van der Waals surface area contributed by atoms with E-state index < -0.39 is 0 Å². The van der Waals surface area contributed by atoms with Gasteiger partial charge in [-0.1, -0.05) is 26.5 Å². The van der Waals surface area contributed by atoms with E-state index in [0.29, 0.717) is 0 Å². The van der Waals surface area contributed by atoms with Crippen molar-refractivity contribution in [1.82, 2.24) is 5.32 Å². The molecule has 0 saturated heterocycles. The number of aliphatic hydroxyl groups is 1. The number of fused-ring (bicyclic) bond motifs is 1. The summed E-state index contributed by atoms with van der Waals surface area (Å²) in [6.07, 6.45) is 3.29. The molecule has 3 rings (SSSR count). The van der Waals surface area contributed by atoms with Crippen molar-refractivity contribution in [2.75, 3.05) is 26.0 Å². The number of hydrogen-bond donors (Lipinski definition) is 2. The van der Waals surface area contributed by atoms with E-state index in [1.807, 2.05) is 18.4 Å². The SMILES string of the molecule is C=C(O)c1c(-c2ccc(N(C)C)cc2CNC)sc2c1CC(C)(C)CC2. The van der Waals surface area contributed by atoms with Crippen LogP contribution in [-0.4, -0.2) is 26.2 Å². The molecule has 0 unspecified atom stereocenters. The number of aliphatic hydroxyl groups excluding tert-OH is 1. The Morgan fingerprint density at radius 3 is 2.69 bits per heavy atom. The van der Waals surface area contributed by atoms with Crippen molar-refractivity contribution in [2.24, 2.45) is 5.41 Å². The molecule has 140 valence electrons. The lowest BCUT2D eigenvalue weighted by atomic mass is 9.75. The van der Waals surface area contributed by atoms with Crippen LogP contribution >= 0.6 is 11.3 Å². The molecule has 1 aromatic heterocycles. The zero-order valence-corrected chi connectivity index (χ0v) is 17.4. The van der Waals surface area contributed by atoms with Gasteiger partial charge in [0.25, 0.3) is 0 Å². The first-order valence-corrected chi connectivity index (χ1v) is 10.0. The summed E-state index contributed by atoms with van der Waals surface area (Å²) in [5.41, 5.74) is 6.18. The summed E-state index contributed by atoms with van der Waals surface area (Å²) in [6, 6.07) is 6.58. The van der Waals surface area contributed by atoms with Gasteiger partial charge in [0.1, 0.15) is 5.76 Å². The van der Waals surface area contributed by atoms with Crippen LogP contribution in [0.1, 0.15) is 41.8 Å². The molecular weight excluding hydrogens is 340 g/mol. The summed E-state index contributed by atoms with van der Waals surface area (Å²) in [6.45, 7) is 9.32. The lowest BCUT2D eigenvalue weighted by Gasteiger charge is -2.30. The summed E-state index contributed by atoms with van der Waals surface area (Å²) in [5.74, 6) is 0.197.